The lowest BCUT2D eigenvalue weighted by Gasteiger charge is -2.53. The van der Waals surface area contributed by atoms with E-state index in [2.05, 4.69) is 31.4 Å². The maximum atomic E-state index is 12.8. The van der Waals surface area contributed by atoms with Crippen LogP contribution in [0.15, 0.2) is 11.1 Å². The van der Waals surface area contributed by atoms with Crippen molar-refractivity contribution in [1.29, 1.82) is 0 Å². The maximum Gasteiger partial charge on any atom is 0.408 e. The molecule has 0 aromatic heterocycles. The van der Waals surface area contributed by atoms with Gasteiger partial charge in [0.25, 0.3) is 0 Å². The average Bonchev–Trinajstić information content (AvgIpc) is 3.70. The molecule has 2 N–H and O–H groups in total. The van der Waals surface area contributed by atoms with Gasteiger partial charge in [-0.1, -0.05) is 20.8 Å². The van der Waals surface area contributed by atoms with Crippen molar-refractivity contribution >= 4 is 18.0 Å². The minimum atomic E-state index is -0.800. The summed E-state index contributed by atoms with van der Waals surface area (Å²) in [5, 5.41) is 5.03. The van der Waals surface area contributed by atoms with Crippen molar-refractivity contribution in [3.63, 3.8) is 0 Å². The topological polar surface area (TPSA) is 131 Å². The predicted molar refractivity (Wildman–Crippen MR) is 113 cm³/mol. The van der Waals surface area contributed by atoms with Crippen molar-refractivity contribution in [2.45, 2.75) is 81.3 Å². The summed E-state index contributed by atoms with van der Waals surface area (Å²) >= 11 is 0. The molecular formula is C24H30N2O8. The molecular weight excluding hydrogens is 444 g/mol. The summed E-state index contributed by atoms with van der Waals surface area (Å²) in [5.41, 5.74) is -0.523. The van der Waals surface area contributed by atoms with Crippen molar-refractivity contribution in [2.75, 3.05) is 20.2 Å². The Hall–Kier alpha value is -2.17. The Bertz CT molecular complexity index is 1070. The van der Waals surface area contributed by atoms with Gasteiger partial charge in [0.1, 0.15) is 30.0 Å². The predicted octanol–water partition coefficient (Wildman–Crippen LogP) is 0.583. The standard InChI is InChI=1S/C24H30N2O8/c1-10(2)22-16(33-22)17-24(34-17)21(3)6-5-11-12(9-30-18(11)28)13(21)7-14-23(24,32-14)19(22)31-20(29)26-8-15(27)25-4/h10,13-14,16-17,19H,5-9H2,1-4H3,(H,25,27)(H,26,29)/t13-,14-,16-,17-,19+,21-,22-,23+,24+/m0/s1. The molecule has 5 fully saturated rings. The number of ether oxygens (including phenoxy) is 5. The highest BCUT2D eigenvalue weighted by atomic mass is 16.8. The number of esters is 1. The molecule has 3 aliphatic carbocycles. The highest BCUT2D eigenvalue weighted by molar-refractivity contribution is 5.92. The molecule has 0 unspecified atom stereocenters. The zero-order valence-electron chi connectivity index (χ0n) is 19.8. The molecule has 0 aromatic carbocycles. The van der Waals surface area contributed by atoms with E-state index in [1.165, 1.54) is 7.05 Å². The van der Waals surface area contributed by atoms with E-state index in [1.807, 2.05) is 0 Å². The fourth-order valence-corrected chi connectivity index (χ4v) is 8.23. The number of rotatable bonds is 4. The molecule has 2 saturated carbocycles. The number of carbonyl (C=O) groups is 3. The van der Waals surface area contributed by atoms with Crippen molar-refractivity contribution in [2.24, 2.45) is 17.3 Å². The molecule has 0 bridgehead atoms. The van der Waals surface area contributed by atoms with E-state index in [-0.39, 0.29) is 54.0 Å². The van der Waals surface area contributed by atoms with Crippen LogP contribution in [0.2, 0.25) is 0 Å². The maximum absolute atomic E-state index is 12.8. The molecule has 2 spiro atoms. The van der Waals surface area contributed by atoms with Crippen LogP contribution in [0.5, 0.6) is 0 Å². The lowest BCUT2D eigenvalue weighted by atomic mass is 9.46. The molecule has 10 nitrogen and oxygen atoms in total. The van der Waals surface area contributed by atoms with Crippen LogP contribution in [-0.4, -0.2) is 79.4 Å². The summed E-state index contributed by atoms with van der Waals surface area (Å²) in [5.74, 6) is -0.324. The van der Waals surface area contributed by atoms with Crippen molar-refractivity contribution in [1.82, 2.24) is 10.6 Å². The summed E-state index contributed by atoms with van der Waals surface area (Å²) in [4.78, 5) is 36.7. The number of carbonyl (C=O) groups excluding carboxylic acids is 3. The summed E-state index contributed by atoms with van der Waals surface area (Å²) in [7, 11) is 1.51. The molecule has 0 radical (unpaired) electrons. The molecule has 10 heteroatoms. The van der Waals surface area contributed by atoms with Gasteiger partial charge in [-0.05, 0) is 36.7 Å². The third-order valence-electron chi connectivity index (χ3n) is 9.96. The highest BCUT2D eigenvalue weighted by Gasteiger charge is 3.01. The summed E-state index contributed by atoms with van der Waals surface area (Å²) < 4.78 is 31.0. The number of nitrogens with one attached hydrogen (secondary N) is 2. The van der Waals surface area contributed by atoms with Gasteiger partial charge < -0.3 is 34.3 Å². The molecule has 3 saturated heterocycles. The van der Waals surface area contributed by atoms with Crippen LogP contribution in [0.1, 0.15) is 40.0 Å². The fourth-order valence-electron chi connectivity index (χ4n) is 8.23. The number of epoxide rings is 3. The zero-order chi connectivity index (χ0) is 23.8. The van der Waals surface area contributed by atoms with E-state index in [4.69, 9.17) is 23.7 Å². The van der Waals surface area contributed by atoms with Crippen LogP contribution in [0.3, 0.4) is 0 Å². The highest BCUT2D eigenvalue weighted by Crippen LogP contribution is 2.83. The molecule has 184 valence electrons. The van der Waals surface area contributed by atoms with E-state index < -0.39 is 29.0 Å². The molecule has 4 aliphatic heterocycles. The lowest BCUT2D eigenvalue weighted by Crippen LogP contribution is -2.70. The van der Waals surface area contributed by atoms with Crippen LogP contribution in [0.25, 0.3) is 0 Å². The van der Waals surface area contributed by atoms with E-state index in [0.29, 0.717) is 13.0 Å². The molecule has 2 amide bonds. The van der Waals surface area contributed by atoms with Crippen LogP contribution in [0.4, 0.5) is 4.79 Å². The molecule has 4 heterocycles. The zero-order valence-corrected chi connectivity index (χ0v) is 19.8. The van der Waals surface area contributed by atoms with Gasteiger partial charge in [0, 0.05) is 18.0 Å². The molecule has 7 aliphatic rings. The number of fused-ring (bicyclic) bond motifs is 4. The number of alkyl carbamates (subject to hydrolysis) is 1. The second kappa shape index (κ2) is 6.14. The SMILES string of the molecule is CNC(=O)CNC(=O)O[C@@H]1[C@@]2(C(C)C)O[C@H]2[C@@H]2O[C@]23[C@]12O[C@H]2C[C@H]1C2=C(CC[C@@]13C)C(=O)OC2. The second-order valence-electron chi connectivity index (χ2n) is 11.3. The van der Waals surface area contributed by atoms with Crippen LogP contribution in [0, 0.1) is 17.3 Å². The third-order valence-corrected chi connectivity index (χ3v) is 9.96. The van der Waals surface area contributed by atoms with E-state index >= 15 is 0 Å². The van der Waals surface area contributed by atoms with Gasteiger partial charge in [0.05, 0.1) is 12.6 Å². The minimum absolute atomic E-state index is 0.0720. The number of amides is 2. The van der Waals surface area contributed by atoms with Gasteiger partial charge in [-0.15, -0.1) is 0 Å². The molecule has 34 heavy (non-hydrogen) atoms. The summed E-state index contributed by atoms with van der Waals surface area (Å²) in [6.07, 6.45) is 0.326. The van der Waals surface area contributed by atoms with E-state index in [0.717, 1.165) is 24.0 Å². The first kappa shape index (κ1) is 21.1. The monoisotopic (exact) mass is 474 g/mol. The Kier molecular flexibility index (Phi) is 3.82. The number of hydrogen-bond acceptors (Lipinski definition) is 8. The van der Waals surface area contributed by atoms with Crippen molar-refractivity contribution in [3.8, 4) is 0 Å². The molecule has 9 atom stereocenters. The van der Waals surface area contributed by atoms with Crippen LogP contribution < -0.4 is 10.6 Å². The smallest absolute Gasteiger partial charge is 0.408 e. The quantitative estimate of drug-likeness (QED) is 0.447. The van der Waals surface area contributed by atoms with Crippen LogP contribution >= 0.6 is 0 Å². The first-order chi connectivity index (χ1) is 16.2. The van der Waals surface area contributed by atoms with Gasteiger partial charge in [-0.3, -0.25) is 4.79 Å². The Morgan fingerprint density at radius 3 is 2.74 bits per heavy atom. The largest absolute Gasteiger partial charge is 0.458 e. The minimum Gasteiger partial charge on any atom is -0.458 e. The first-order valence-electron chi connectivity index (χ1n) is 12.2. The van der Waals surface area contributed by atoms with Crippen LogP contribution in [-0.2, 0) is 33.3 Å². The van der Waals surface area contributed by atoms with Crippen molar-refractivity contribution < 1.29 is 38.1 Å². The second-order valence-corrected chi connectivity index (χ2v) is 11.3. The molecule has 0 aromatic rings. The van der Waals surface area contributed by atoms with Gasteiger partial charge in [0.15, 0.2) is 11.7 Å². The van der Waals surface area contributed by atoms with Gasteiger partial charge in [0.2, 0.25) is 5.91 Å². The number of hydrogen-bond donors (Lipinski definition) is 2. The van der Waals surface area contributed by atoms with E-state index in [1.54, 1.807) is 0 Å². The van der Waals surface area contributed by atoms with Gasteiger partial charge in [-0.25, -0.2) is 9.59 Å². The first-order valence-corrected chi connectivity index (χ1v) is 12.2. The number of cyclic esters (lactones) is 1. The fraction of sp³-hybridized carbons (Fsp3) is 0.792. The Balaban J connectivity index is 1.27. The molecule has 7 rings (SSSR count). The lowest BCUT2D eigenvalue weighted by molar-refractivity contribution is -0.136. The number of likely N-dealkylation sites (N-methyl/N-ethyl adjacent to an activating group) is 1. The Morgan fingerprint density at radius 1 is 1.21 bits per heavy atom. The van der Waals surface area contributed by atoms with E-state index in [9.17, 15) is 14.4 Å². The third kappa shape index (κ3) is 2.09. The summed E-state index contributed by atoms with van der Waals surface area (Å²) in [6.45, 7) is 6.53. The normalized spacial score (nSPS) is 50.5. The average molecular weight is 475 g/mol. The van der Waals surface area contributed by atoms with Gasteiger partial charge in [-0.2, -0.15) is 0 Å². The Labute approximate surface area is 197 Å². The van der Waals surface area contributed by atoms with Gasteiger partial charge >= 0.3 is 12.1 Å². The van der Waals surface area contributed by atoms with Crippen molar-refractivity contribution in [3.05, 3.63) is 11.1 Å². The summed E-state index contributed by atoms with van der Waals surface area (Å²) in [6, 6.07) is 0. The Morgan fingerprint density at radius 2 is 2.00 bits per heavy atom.